The van der Waals surface area contributed by atoms with Gasteiger partial charge in [0, 0.05) is 25.0 Å². The molecule has 0 aliphatic rings. The van der Waals surface area contributed by atoms with Crippen molar-refractivity contribution in [2.45, 2.75) is 20.4 Å². The van der Waals surface area contributed by atoms with Crippen LogP contribution in [-0.2, 0) is 11.3 Å². The Morgan fingerprint density at radius 3 is 2.50 bits per heavy atom. The van der Waals surface area contributed by atoms with Crippen LogP contribution in [0.4, 0.5) is 0 Å². The van der Waals surface area contributed by atoms with Crippen molar-refractivity contribution in [3.8, 4) is 0 Å². The predicted octanol–water partition coefficient (Wildman–Crippen LogP) is 3.26. The summed E-state index contributed by atoms with van der Waals surface area (Å²) in [4.78, 5) is 13.2. The monoisotopic (exact) mass is 237 g/mol. The zero-order valence-corrected chi connectivity index (χ0v) is 10.4. The van der Waals surface area contributed by atoms with Crippen LogP contribution in [0.15, 0.2) is 36.4 Å². The number of hydrogen-bond acceptors (Lipinski definition) is 1. The number of carbonyl (C=O) groups excluding carboxylic acids is 1. The molecule has 1 aromatic rings. The van der Waals surface area contributed by atoms with E-state index in [1.165, 1.54) is 0 Å². The minimum Gasteiger partial charge on any atom is -0.335 e. The molecule has 1 aromatic carbocycles. The SMILES string of the molecule is C=C(C)CN(Cc1ccccc1Cl)C(C)=O. The van der Waals surface area contributed by atoms with E-state index in [9.17, 15) is 4.79 Å². The van der Waals surface area contributed by atoms with Gasteiger partial charge in [0.05, 0.1) is 0 Å². The normalized spacial score (nSPS) is 9.94. The highest BCUT2D eigenvalue weighted by Crippen LogP contribution is 2.17. The van der Waals surface area contributed by atoms with Crippen molar-refractivity contribution in [1.82, 2.24) is 4.90 Å². The third-order valence-corrected chi connectivity index (χ3v) is 2.59. The lowest BCUT2D eigenvalue weighted by molar-refractivity contribution is -0.129. The van der Waals surface area contributed by atoms with Crippen LogP contribution in [-0.4, -0.2) is 17.4 Å². The molecule has 0 unspecified atom stereocenters. The van der Waals surface area contributed by atoms with Gasteiger partial charge in [-0.3, -0.25) is 4.79 Å². The van der Waals surface area contributed by atoms with Gasteiger partial charge in [-0.2, -0.15) is 0 Å². The lowest BCUT2D eigenvalue weighted by Gasteiger charge is -2.21. The van der Waals surface area contributed by atoms with Gasteiger partial charge in [-0.25, -0.2) is 0 Å². The van der Waals surface area contributed by atoms with Gasteiger partial charge >= 0.3 is 0 Å². The van der Waals surface area contributed by atoms with Crippen molar-refractivity contribution in [2.75, 3.05) is 6.54 Å². The van der Waals surface area contributed by atoms with Crippen LogP contribution in [0.5, 0.6) is 0 Å². The van der Waals surface area contributed by atoms with Crippen molar-refractivity contribution in [1.29, 1.82) is 0 Å². The van der Waals surface area contributed by atoms with Gasteiger partial charge in [0.25, 0.3) is 0 Å². The van der Waals surface area contributed by atoms with Crippen LogP contribution >= 0.6 is 11.6 Å². The highest BCUT2D eigenvalue weighted by molar-refractivity contribution is 6.31. The molecule has 0 bridgehead atoms. The molecule has 0 aromatic heterocycles. The molecule has 2 nitrogen and oxygen atoms in total. The minimum absolute atomic E-state index is 0.0305. The minimum atomic E-state index is 0.0305. The summed E-state index contributed by atoms with van der Waals surface area (Å²) in [5, 5.41) is 0.690. The van der Waals surface area contributed by atoms with Gasteiger partial charge < -0.3 is 4.90 Å². The van der Waals surface area contributed by atoms with Crippen LogP contribution in [0.3, 0.4) is 0 Å². The summed E-state index contributed by atoms with van der Waals surface area (Å²) in [7, 11) is 0. The Bertz CT molecular complexity index is 401. The second-order valence-electron chi connectivity index (χ2n) is 3.92. The van der Waals surface area contributed by atoms with Gasteiger partial charge in [-0.05, 0) is 18.6 Å². The molecule has 3 heteroatoms. The van der Waals surface area contributed by atoms with Gasteiger partial charge in [0.15, 0.2) is 0 Å². The molecule has 0 saturated carbocycles. The van der Waals surface area contributed by atoms with Crippen LogP contribution in [0.2, 0.25) is 5.02 Å². The van der Waals surface area contributed by atoms with Crippen molar-refractivity contribution in [3.05, 3.63) is 47.0 Å². The van der Waals surface area contributed by atoms with Gasteiger partial charge in [-0.15, -0.1) is 0 Å². The first-order valence-corrected chi connectivity index (χ1v) is 5.52. The van der Waals surface area contributed by atoms with Crippen molar-refractivity contribution in [3.63, 3.8) is 0 Å². The van der Waals surface area contributed by atoms with E-state index in [0.717, 1.165) is 11.1 Å². The van der Waals surface area contributed by atoms with E-state index < -0.39 is 0 Å². The van der Waals surface area contributed by atoms with Crippen LogP contribution in [0.25, 0.3) is 0 Å². The molecule has 0 aliphatic heterocycles. The molecule has 0 saturated heterocycles. The standard InChI is InChI=1S/C13H16ClNO/c1-10(2)8-15(11(3)16)9-12-6-4-5-7-13(12)14/h4-7H,1,8-9H2,2-3H3. The molecule has 16 heavy (non-hydrogen) atoms. The first-order valence-electron chi connectivity index (χ1n) is 5.14. The molecule has 1 amide bonds. The number of carbonyl (C=O) groups is 1. The third kappa shape index (κ3) is 3.70. The lowest BCUT2D eigenvalue weighted by Crippen LogP contribution is -2.29. The second-order valence-corrected chi connectivity index (χ2v) is 4.33. The Labute approximate surface area is 102 Å². The van der Waals surface area contributed by atoms with Crippen molar-refractivity contribution < 1.29 is 4.79 Å². The first-order chi connectivity index (χ1) is 7.50. The molecule has 0 atom stereocenters. The molecular formula is C13H16ClNO. The Hall–Kier alpha value is -1.28. The summed E-state index contributed by atoms with van der Waals surface area (Å²) in [5.41, 5.74) is 1.92. The third-order valence-electron chi connectivity index (χ3n) is 2.23. The summed E-state index contributed by atoms with van der Waals surface area (Å²) < 4.78 is 0. The first kappa shape index (κ1) is 12.8. The quantitative estimate of drug-likeness (QED) is 0.736. The largest absolute Gasteiger partial charge is 0.335 e. The molecule has 0 radical (unpaired) electrons. The maximum Gasteiger partial charge on any atom is 0.220 e. The smallest absolute Gasteiger partial charge is 0.220 e. The summed E-state index contributed by atoms with van der Waals surface area (Å²) >= 11 is 6.05. The van der Waals surface area contributed by atoms with E-state index in [4.69, 9.17) is 11.6 Å². The Morgan fingerprint density at radius 2 is 2.00 bits per heavy atom. The van der Waals surface area contributed by atoms with E-state index in [2.05, 4.69) is 6.58 Å². The molecular weight excluding hydrogens is 222 g/mol. The molecule has 0 aliphatic carbocycles. The van der Waals surface area contributed by atoms with Gasteiger partial charge in [0.2, 0.25) is 5.91 Å². The number of nitrogens with zero attached hydrogens (tertiary/aromatic N) is 1. The van der Waals surface area contributed by atoms with Gasteiger partial charge in [-0.1, -0.05) is 42.0 Å². The molecule has 86 valence electrons. The average Bonchev–Trinajstić information content (AvgIpc) is 2.19. The van der Waals surface area contributed by atoms with E-state index in [1.807, 2.05) is 31.2 Å². The molecule has 0 N–H and O–H groups in total. The number of benzene rings is 1. The average molecular weight is 238 g/mol. The number of hydrogen-bond donors (Lipinski definition) is 0. The molecule has 0 heterocycles. The molecule has 0 spiro atoms. The number of halogens is 1. The molecule has 0 fully saturated rings. The Balaban J connectivity index is 2.80. The van der Waals surface area contributed by atoms with Crippen LogP contribution in [0.1, 0.15) is 19.4 Å². The number of amides is 1. The summed E-state index contributed by atoms with van der Waals surface area (Å²) in [6.07, 6.45) is 0. The maximum atomic E-state index is 11.4. The lowest BCUT2D eigenvalue weighted by atomic mass is 10.2. The summed E-state index contributed by atoms with van der Waals surface area (Å²) in [6.45, 7) is 8.37. The fourth-order valence-electron chi connectivity index (χ4n) is 1.44. The van der Waals surface area contributed by atoms with Gasteiger partial charge in [0.1, 0.15) is 0 Å². The van der Waals surface area contributed by atoms with E-state index >= 15 is 0 Å². The Morgan fingerprint density at radius 1 is 1.38 bits per heavy atom. The predicted molar refractivity (Wildman–Crippen MR) is 67.4 cm³/mol. The van der Waals surface area contributed by atoms with E-state index in [-0.39, 0.29) is 5.91 Å². The summed E-state index contributed by atoms with van der Waals surface area (Å²) in [6, 6.07) is 7.55. The fraction of sp³-hybridized carbons (Fsp3) is 0.308. The Kier molecular flexibility index (Phi) is 4.56. The van der Waals surface area contributed by atoms with Crippen LogP contribution < -0.4 is 0 Å². The maximum absolute atomic E-state index is 11.4. The molecule has 1 rings (SSSR count). The zero-order valence-electron chi connectivity index (χ0n) is 9.66. The number of rotatable bonds is 4. The van der Waals surface area contributed by atoms with Crippen molar-refractivity contribution in [2.24, 2.45) is 0 Å². The van der Waals surface area contributed by atoms with E-state index in [1.54, 1.807) is 11.8 Å². The summed E-state index contributed by atoms with van der Waals surface area (Å²) in [5.74, 6) is 0.0305. The van der Waals surface area contributed by atoms with E-state index in [0.29, 0.717) is 18.1 Å². The van der Waals surface area contributed by atoms with Crippen molar-refractivity contribution >= 4 is 17.5 Å². The topological polar surface area (TPSA) is 20.3 Å². The fourth-order valence-corrected chi connectivity index (χ4v) is 1.63. The second kappa shape index (κ2) is 5.71. The van der Waals surface area contributed by atoms with Crippen LogP contribution in [0, 0.1) is 0 Å². The highest BCUT2D eigenvalue weighted by atomic mass is 35.5. The highest BCUT2D eigenvalue weighted by Gasteiger charge is 2.10. The zero-order chi connectivity index (χ0) is 12.1.